The van der Waals surface area contributed by atoms with E-state index in [4.69, 9.17) is 9.47 Å². The van der Waals surface area contributed by atoms with Gasteiger partial charge in [0.1, 0.15) is 5.76 Å². The highest BCUT2D eigenvalue weighted by molar-refractivity contribution is 5.74. The quantitative estimate of drug-likeness (QED) is 0.784. The van der Waals surface area contributed by atoms with Crippen LogP contribution in [0.3, 0.4) is 0 Å². The Labute approximate surface area is 133 Å². The smallest absolute Gasteiger partial charge is 0.309 e. The highest BCUT2D eigenvalue weighted by atomic mass is 16.5. The van der Waals surface area contributed by atoms with Crippen LogP contribution in [0.4, 0.5) is 0 Å². The Morgan fingerprint density at radius 1 is 1.32 bits per heavy atom. The third-order valence-electron chi connectivity index (χ3n) is 4.00. The first-order valence-electron chi connectivity index (χ1n) is 7.69. The summed E-state index contributed by atoms with van der Waals surface area (Å²) in [5.74, 6) is 0.735. The fourth-order valence-corrected chi connectivity index (χ4v) is 3.35. The summed E-state index contributed by atoms with van der Waals surface area (Å²) in [6, 6.07) is 7.98. The Kier molecular flexibility index (Phi) is 4.37. The second-order valence-corrected chi connectivity index (χ2v) is 7.58. The number of hydrogen-bond donors (Lipinski definition) is 0. The summed E-state index contributed by atoms with van der Waals surface area (Å²) in [6.45, 7) is 11.8. The summed E-state index contributed by atoms with van der Waals surface area (Å²) in [6.07, 6.45) is 0.284. The lowest BCUT2D eigenvalue weighted by atomic mass is 9.71. The number of ether oxygens (including phenoxy) is 2. The molecular weight excluding hydrogens is 276 g/mol. The van der Waals surface area contributed by atoms with Crippen LogP contribution in [0.2, 0.25) is 0 Å². The maximum atomic E-state index is 11.5. The molecule has 0 saturated carbocycles. The zero-order valence-corrected chi connectivity index (χ0v) is 14.4. The van der Waals surface area contributed by atoms with Crippen molar-refractivity contribution in [3.63, 3.8) is 0 Å². The number of hydrogen-bond acceptors (Lipinski definition) is 3. The zero-order valence-electron chi connectivity index (χ0n) is 14.4. The van der Waals surface area contributed by atoms with Gasteiger partial charge in [0, 0.05) is 11.0 Å². The molecule has 1 aliphatic rings. The van der Waals surface area contributed by atoms with Crippen molar-refractivity contribution >= 4 is 11.7 Å². The number of carbonyl (C=O) groups excluding carboxylic acids is 1. The van der Waals surface area contributed by atoms with Crippen molar-refractivity contribution < 1.29 is 14.3 Å². The zero-order chi connectivity index (χ0) is 16.5. The number of methoxy groups -OCH3 is 1. The van der Waals surface area contributed by atoms with Gasteiger partial charge in [0.2, 0.25) is 0 Å². The Bertz CT molecular complexity index is 603. The number of rotatable bonds is 3. The molecule has 0 atom stereocenters. The molecule has 1 aliphatic heterocycles. The van der Waals surface area contributed by atoms with Gasteiger partial charge in [-0.3, -0.25) is 4.79 Å². The number of benzene rings is 1. The molecule has 22 heavy (non-hydrogen) atoms. The van der Waals surface area contributed by atoms with Crippen molar-refractivity contribution in [2.75, 3.05) is 13.7 Å². The van der Waals surface area contributed by atoms with Crippen LogP contribution in [0.5, 0.6) is 0 Å². The molecule has 2 rings (SSSR count). The summed E-state index contributed by atoms with van der Waals surface area (Å²) in [5.41, 5.74) is 3.37. The molecule has 0 spiro atoms. The van der Waals surface area contributed by atoms with Gasteiger partial charge in [0.05, 0.1) is 20.1 Å². The van der Waals surface area contributed by atoms with Crippen molar-refractivity contribution in [2.24, 2.45) is 10.8 Å². The minimum absolute atomic E-state index is 0.0198. The fraction of sp³-hybridized carbons (Fsp3) is 0.526. The van der Waals surface area contributed by atoms with Gasteiger partial charge in [-0.05, 0) is 22.6 Å². The molecular formula is C19H26O3. The molecule has 120 valence electrons. The van der Waals surface area contributed by atoms with Crippen LogP contribution in [0.25, 0.3) is 5.76 Å². The molecule has 0 fully saturated rings. The largest absolute Gasteiger partial charge is 0.492 e. The third kappa shape index (κ3) is 3.34. The SMILES string of the molecule is COC(=O)Cc1cccc(C2=C(C(C)(C)C)C(C)(C)CO2)c1. The second kappa shape index (κ2) is 5.79. The van der Waals surface area contributed by atoms with Crippen LogP contribution < -0.4 is 0 Å². The minimum atomic E-state index is -0.227. The predicted molar refractivity (Wildman–Crippen MR) is 88.3 cm³/mol. The van der Waals surface area contributed by atoms with Crippen LogP contribution in [-0.4, -0.2) is 19.7 Å². The lowest BCUT2D eigenvalue weighted by Gasteiger charge is -2.30. The van der Waals surface area contributed by atoms with E-state index in [1.54, 1.807) is 0 Å². The monoisotopic (exact) mass is 302 g/mol. The van der Waals surface area contributed by atoms with Gasteiger partial charge in [0.25, 0.3) is 0 Å². The van der Waals surface area contributed by atoms with Crippen LogP contribution in [0.1, 0.15) is 45.7 Å². The van der Waals surface area contributed by atoms with E-state index < -0.39 is 0 Å². The van der Waals surface area contributed by atoms with E-state index in [-0.39, 0.29) is 23.2 Å². The van der Waals surface area contributed by atoms with E-state index in [9.17, 15) is 4.79 Å². The van der Waals surface area contributed by atoms with E-state index >= 15 is 0 Å². The van der Waals surface area contributed by atoms with Crippen molar-refractivity contribution in [3.8, 4) is 0 Å². The molecule has 0 amide bonds. The van der Waals surface area contributed by atoms with Crippen LogP contribution >= 0.6 is 0 Å². The second-order valence-electron chi connectivity index (χ2n) is 7.58. The molecule has 3 nitrogen and oxygen atoms in total. The minimum Gasteiger partial charge on any atom is -0.492 e. The van der Waals surface area contributed by atoms with Gasteiger partial charge in [-0.1, -0.05) is 52.8 Å². The maximum Gasteiger partial charge on any atom is 0.309 e. The average molecular weight is 302 g/mol. The van der Waals surface area contributed by atoms with Gasteiger partial charge >= 0.3 is 5.97 Å². The van der Waals surface area contributed by atoms with Gasteiger partial charge in [-0.2, -0.15) is 0 Å². The molecule has 1 aromatic carbocycles. The third-order valence-corrected chi connectivity index (χ3v) is 4.00. The first-order valence-corrected chi connectivity index (χ1v) is 7.69. The highest BCUT2D eigenvalue weighted by Gasteiger charge is 2.41. The Morgan fingerprint density at radius 3 is 2.59 bits per heavy atom. The van der Waals surface area contributed by atoms with E-state index in [0.29, 0.717) is 6.61 Å². The van der Waals surface area contributed by atoms with Crippen molar-refractivity contribution in [3.05, 3.63) is 41.0 Å². The van der Waals surface area contributed by atoms with Crippen LogP contribution in [0.15, 0.2) is 29.8 Å². The van der Waals surface area contributed by atoms with E-state index in [1.165, 1.54) is 12.7 Å². The topological polar surface area (TPSA) is 35.5 Å². The Balaban J connectivity index is 2.46. The molecule has 1 aromatic rings. The molecule has 0 aliphatic carbocycles. The molecule has 0 saturated heterocycles. The summed E-state index contributed by atoms with van der Waals surface area (Å²) < 4.78 is 10.8. The maximum absolute atomic E-state index is 11.5. The van der Waals surface area contributed by atoms with Gasteiger partial charge < -0.3 is 9.47 Å². The first-order chi connectivity index (χ1) is 10.1. The Morgan fingerprint density at radius 2 is 2.00 bits per heavy atom. The van der Waals surface area contributed by atoms with E-state index in [2.05, 4.69) is 34.6 Å². The highest BCUT2D eigenvalue weighted by Crippen LogP contribution is 2.49. The molecule has 0 N–H and O–H groups in total. The molecule has 0 unspecified atom stereocenters. The average Bonchev–Trinajstić information content (AvgIpc) is 2.74. The molecule has 0 radical (unpaired) electrons. The summed E-state index contributed by atoms with van der Waals surface area (Å²) in [5, 5.41) is 0. The lowest BCUT2D eigenvalue weighted by Crippen LogP contribution is -2.24. The van der Waals surface area contributed by atoms with Gasteiger partial charge in [-0.25, -0.2) is 0 Å². The molecule has 3 heteroatoms. The van der Waals surface area contributed by atoms with Gasteiger partial charge in [0.15, 0.2) is 0 Å². The number of esters is 1. The first kappa shape index (κ1) is 16.6. The number of carbonyl (C=O) groups is 1. The van der Waals surface area contributed by atoms with Crippen LogP contribution in [-0.2, 0) is 20.7 Å². The molecule has 0 bridgehead atoms. The lowest BCUT2D eigenvalue weighted by molar-refractivity contribution is -0.139. The summed E-state index contributed by atoms with van der Waals surface area (Å²) >= 11 is 0. The van der Waals surface area contributed by atoms with Crippen molar-refractivity contribution in [1.29, 1.82) is 0 Å². The normalized spacial score (nSPS) is 17.4. The van der Waals surface area contributed by atoms with E-state index in [1.807, 2.05) is 24.3 Å². The predicted octanol–water partition coefficient (Wildman–Crippen LogP) is 4.22. The summed E-state index contributed by atoms with van der Waals surface area (Å²) in [4.78, 5) is 11.5. The van der Waals surface area contributed by atoms with E-state index in [0.717, 1.165) is 16.9 Å². The standard InChI is InChI=1S/C19H26O3/c1-18(2,3)17-16(22-12-19(17,4)5)14-9-7-8-13(10-14)11-15(20)21-6/h7-10H,11-12H2,1-6H3. The molecule has 1 heterocycles. The Hall–Kier alpha value is -1.77. The summed E-state index contributed by atoms with van der Waals surface area (Å²) in [7, 11) is 1.41. The van der Waals surface area contributed by atoms with Crippen molar-refractivity contribution in [2.45, 2.75) is 41.0 Å². The van der Waals surface area contributed by atoms with Crippen LogP contribution in [0, 0.1) is 10.8 Å². The van der Waals surface area contributed by atoms with Crippen molar-refractivity contribution in [1.82, 2.24) is 0 Å². The fourth-order valence-electron chi connectivity index (χ4n) is 3.35. The van der Waals surface area contributed by atoms with Gasteiger partial charge in [-0.15, -0.1) is 0 Å². The molecule has 0 aromatic heterocycles.